The normalized spacial score (nSPS) is 14.5. The third-order valence-electron chi connectivity index (χ3n) is 3.22. The summed E-state index contributed by atoms with van der Waals surface area (Å²) < 4.78 is 5.66. The van der Waals surface area contributed by atoms with Crippen LogP contribution in [0.3, 0.4) is 0 Å². The van der Waals surface area contributed by atoms with Gasteiger partial charge in [0.1, 0.15) is 17.6 Å². The number of thioether (sulfide) groups is 1. The van der Waals surface area contributed by atoms with Crippen LogP contribution >= 0.6 is 35.0 Å². The van der Waals surface area contributed by atoms with Gasteiger partial charge in [0.05, 0.1) is 9.92 Å². The van der Waals surface area contributed by atoms with Gasteiger partial charge in [-0.15, -0.1) is 0 Å². The molecule has 8 heteroatoms. The molecular formula is C16H8Cl2N2O3S. The monoisotopic (exact) mass is 378 g/mol. The van der Waals surface area contributed by atoms with Crippen molar-refractivity contribution in [2.45, 2.75) is 4.90 Å². The number of phenolic OH excluding ortho intramolecular Hbond substituents is 1. The Bertz CT molecular complexity index is 951. The lowest BCUT2D eigenvalue weighted by Crippen LogP contribution is -2.15. The predicted octanol–water partition coefficient (Wildman–Crippen LogP) is 4.07. The molecule has 1 heterocycles. The van der Waals surface area contributed by atoms with Crippen LogP contribution < -0.4 is 10.5 Å². The number of hydrogen-bond acceptors (Lipinski definition) is 5. The highest BCUT2D eigenvalue weighted by molar-refractivity contribution is 8.03. The van der Waals surface area contributed by atoms with E-state index >= 15 is 0 Å². The molecule has 0 saturated heterocycles. The summed E-state index contributed by atoms with van der Waals surface area (Å²) in [5.41, 5.74) is 6.00. The molecule has 1 amide bonds. The first-order chi connectivity index (χ1) is 11.4. The van der Waals surface area contributed by atoms with Gasteiger partial charge in [-0.1, -0.05) is 29.3 Å². The molecule has 2 aromatic carbocycles. The van der Waals surface area contributed by atoms with Crippen molar-refractivity contribution in [2.24, 2.45) is 5.73 Å². The summed E-state index contributed by atoms with van der Waals surface area (Å²) in [7, 11) is 0. The summed E-state index contributed by atoms with van der Waals surface area (Å²) in [6, 6.07) is 9.58. The lowest BCUT2D eigenvalue weighted by molar-refractivity contribution is -0.114. The van der Waals surface area contributed by atoms with Crippen LogP contribution in [0.2, 0.25) is 10.0 Å². The van der Waals surface area contributed by atoms with Crippen LogP contribution in [0.5, 0.6) is 11.5 Å². The van der Waals surface area contributed by atoms with E-state index in [0.29, 0.717) is 31.8 Å². The molecule has 5 nitrogen and oxygen atoms in total. The molecule has 0 unspecified atom stereocenters. The number of halogens is 2. The quantitative estimate of drug-likeness (QED) is 0.606. The smallest absolute Gasteiger partial charge is 0.263 e. The van der Waals surface area contributed by atoms with Crippen LogP contribution in [0.15, 0.2) is 45.9 Å². The number of hydrogen-bond donors (Lipinski definition) is 2. The Morgan fingerprint density at radius 3 is 2.62 bits per heavy atom. The summed E-state index contributed by atoms with van der Waals surface area (Å²) in [4.78, 5) is 11.9. The highest BCUT2D eigenvalue weighted by atomic mass is 35.5. The number of nitrogens with two attached hydrogens (primary N) is 1. The van der Waals surface area contributed by atoms with Gasteiger partial charge in [-0.05, 0) is 36.0 Å². The van der Waals surface area contributed by atoms with Gasteiger partial charge in [-0.2, -0.15) is 5.26 Å². The summed E-state index contributed by atoms with van der Waals surface area (Å²) in [6.07, 6.45) is 0. The van der Waals surface area contributed by atoms with Crippen LogP contribution in [-0.2, 0) is 4.79 Å². The highest BCUT2D eigenvalue weighted by Gasteiger charge is 2.29. The number of fused-ring (bicyclic) bond motifs is 1. The number of ether oxygens (including phenoxy) is 1. The van der Waals surface area contributed by atoms with Crippen LogP contribution in [0.4, 0.5) is 0 Å². The average Bonchev–Trinajstić information content (AvgIpc) is 2.90. The fourth-order valence-corrected chi connectivity index (χ4v) is 3.70. The minimum atomic E-state index is -0.886. The van der Waals surface area contributed by atoms with E-state index in [9.17, 15) is 9.90 Å². The summed E-state index contributed by atoms with van der Waals surface area (Å²) in [5, 5.41) is 19.9. The first-order valence-electron chi connectivity index (χ1n) is 6.53. The minimum absolute atomic E-state index is 0.00954. The Morgan fingerprint density at radius 2 is 2.00 bits per heavy atom. The molecule has 0 saturated carbocycles. The second kappa shape index (κ2) is 6.29. The maximum Gasteiger partial charge on any atom is 0.263 e. The third kappa shape index (κ3) is 2.89. The molecule has 3 N–H and O–H groups in total. The minimum Gasteiger partial charge on any atom is -0.508 e. The molecule has 0 fully saturated rings. The van der Waals surface area contributed by atoms with Crippen molar-refractivity contribution in [2.75, 3.05) is 0 Å². The number of nitriles is 1. The van der Waals surface area contributed by atoms with Crippen molar-refractivity contribution >= 4 is 40.9 Å². The lowest BCUT2D eigenvalue weighted by atomic mass is 10.0. The maximum absolute atomic E-state index is 11.3. The topological polar surface area (TPSA) is 96.3 Å². The molecule has 0 aromatic heterocycles. The van der Waals surface area contributed by atoms with Gasteiger partial charge in [0, 0.05) is 16.1 Å². The van der Waals surface area contributed by atoms with Gasteiger partial charge in [0.25, 0.3) is 5.91 Å². The summed E-state index contributed by atoms with van der Waals surface area (Å²) in [6.45, 7) is 0. The van der Waals surface area contributed by atoms with Gasteiger partial charge >= 0.3 is 0 Å². The van der Waals surface area contributed by atoms with Crippen LogP contribution in [0.1, 0.15) is 0 Å². The molecule has 0 atom stereocenters. The Kier molecular flexibility index (Phi) is 4.33. The molecule has 120 valence electrons. The van der Waals surface area contributed by atoms with Gasteiger partial charge in [-0.25, -0.2) is 0 Å². The van der Waals surface area contributed by atoms with Crippen molar-refractivity contribution in [3.05, 3.63) is 51.0 Å². The Hall–Kier alpha value is -2.33. The largest absolute Gasteiger partial charge is 0.508 e. The number of amides is 1. The van der Waals surface area contributed by atoms with E-state index in [1.807, 2.05) is 0 Å². The number of carbonyl (C=O) groups is 1. The van der Waals surface area contributed by atoms with E-state index in [4.69, 9.17) is 38.9 Å². The number of nitrogens with zero attached hydrogens (tertiary/aromatic N) is 1. The number of rotatable bonds is 2. The SMILES string of the molecule is N#C/C(C(N)=O)=C1/Oc2c(cc(O)cc2-c2ccc(Cl)cc2Cl)S1. The van der Waals surface area contributed by atoms with Gasteiger partial charge in [0.15, 0.2) is 10.7 Å². The maximum atomic E-state index is 11.3. The number of carbonyl (C=O) groups excluding carboxylic acids is 1. The second-order valence-corrected chi connectivity index (χ2v) is 6.65. The first kappa shape index (κ1) is 16.5. The average molecular weight is 379 g/mol. The van der Waals surface area contributed by atoms with Crippen molar-refractivity contribution < 1.29 is 14.6 Å². The number of primary amides is 1. The van der Waals surface area contributed by atoms with E-state index in [-0.39, 0.29) is 16.4 Å². The molecule has 0 radical (unpaired) electrons. The number of aromatic hydroxyl groups is 1. The molecule has 1 aliphatic rings. The molecular weight excluding hydrogens is 371 g/mol. The van der Waals surface area contributed by atoms with E-state index in [2.05, 4.69) is 0 Å². The molecule has 2 aromatic rings. The van der Waals surface area contributed by atoms with Crippen LogP contribution in [-0.4, -0.2) is 11.0 Å². The van der Waals surface area contributed by atoms with E-state index in [0.717, 1.165) is 11.8 Å². The molecule has 0 spiro atoms. The van der Waals surface area contributed by atoms with E-state index in [1.165, 1.54) is 12.1 Å². The van der Waals surface area contributed by atoms with Crippen molar-refractivity contribution in [3.63, 3.8) is 0 Å². The highest BCUT2D eigenvalue weighted by Crippen LogP contribution is 2.52. The van der Waals surface area contributed by atoms with Gasteiger partial charge in [0.2, 0.25) is 0 Å². The number of benzene rings is 2. The van der Waals surface area contributed by atoms with Crippen molar-refractivity contribution in [1.82, 2.24) is 0 Å². The number of phenols is 1. The molecule has 3 rings (SSSR count). The molecule has 1 aliphatic heterocycles. The zero-order chi connectivity index (χ0) is 17.4. The third-order valence-corrected chi connectivity index (χ3v) is 4.76. The predicted molar refractivity (Wildman–Crippen MR) is 91.9 cm³/mol. The first-order valence-corrected chi connectivity index (χ1v) is 8.10. The van der Waals surface area contributed by atoms with Crippen LogP contribution in [0, 0.1) is 11.3 Å². The van der Waals surface area contributed by atoms with Crippen LogP contribution in [0.25, 0.3) is 11.1 Å². The lowest BCUT2D eigenvalue weighted by Gasteiger charge is -2.10. The second-order valence-electron chi connectivity index (χ2n) is 4.79. The van der Waals surface area contributed by atoms with Crippen molar-refractivity contribution in [1.29, 1.82) is 5.26 Å². The zero-order valence-electron chi connectivity index (χ0n) is 11.8. The Labute approximate surface area is 151 Å². The van der Waals surface area contributed by atoms with E-state index < -0.39 is 5.91 Å². The summed E-state index contributed by atoms with van der Waals surface area (Å²) >= 11 is 13.2. The van der Waals surface area contributed by atoms with E-state index in [1.54, 1.807) is 24.3 Å². The fraction of sp³-hybridized carbons (Fsp3) is 0. The molecule has 0 aliphatic carbocycles. The Morgan fingerprint density at radius 1 is 1.25 bits per heavy atom. The molecule has 0 bridgehead atoms. The molecule has 24 heavy (non-hydrogen) atoms. The van der Waals surface area contributed by atoms with Gasteiger partial charge < -0.3 is 15.6 Å². The van der Waals surface area contributed by atoms with Crippen molar-refractivity contribution in [3.8, 4) is 28.7 Å². The Balaban J connectivity index is 2.18. The van der Waals surface area contributed by atoms with Gasteiger partial charge in [-0.3, -0.25) is 4.79 Å². The zero-order valence-corrected chi connectivity index (χ0v) is 14.2. The fourth-order valence-electron chi connectivity index (χ4n) is 2.19. The summed E-state index contributed by atoms with van der Waals surface area (Å²) in [5.74, 6) is -0.515. The standard InChI is InChI=1S/C16H8Cl2N2O3S/c17-7-1-2-9(12(18)3-7)10-4-8(21)5-13-14(10)23-16(24-13)11(6-19)15(20)22/h1-5,21H,(H2,20,22)/b16-11+.